The Kier molecular flexibility index (Phi) is 7.45. The quantitative estimate of drug-likeness (QED) is 0.462. The Balaban J connectivity index is 2.20. The summed E-state index contributed by atoms with van der Waals surface area (Å²) in [6.07, 6.45) is 1.79. The molecule has 1 rings (SSSR count). The number of hydrogen-bond acceptors (Lipinski definition) is 2. The maximum Gasteiger partial charge on any atom is 0.188 e. The van der Waals surface area contributed by atoms with Gasteiger partial charge < -0.3 is 15.8 Å². The van der Waals surface area contributed by atoms with E-state index < -0.39 is 0 Å². The summed E-state index contributed by atoms with van der Waals surface area (Å²) < 4.78 is 5.54. The van der Waals surface area contributed by atoms with Gasteiger partial charge in [-0.2, -0.15) is 0 Å². The lowest BCUT2D eigenvalue weighted by Crippen LogP contribution is -2.33. The van der Waals surface area contributed by atoms with Crippen LogP contribution < -0.4 is 15.8 Å². The van der Waals surface area contributed by atoms with Gasteiger partial charge in [-0.3, -0.25) is 4.99 Å². The minimum atomic E-state index is 0.478. The lowest BCUT2D eigenvalue weighted by molar-refractivity contribution is 0.311. The number of hydrogen-bond donors (Lipinski definition) is 2. The van der Waals surface area contributed by atoms with Gasteiger partial charge in [0.25, 0.3) is 0 Å². The molecule has 19 heavy (non-hydrogen) atoms. The molecule has 0 bridgehead atoms. The molecule has 4 nitrogen and oxygen atoms in total. The fraction of sp³-hybridized carbons (Fsp3) is 0.462. The molecule has 0 heterocycles. The van der Waals surface area contributed by atoms with Crippen LogP contribution in [0.15, 0.2) is 23.2 Å². The summed E-state index contributed by atoms with van der Waals surface area (Å²) in [7, 11) is 0. The molecule has 1 aromatic rings. The Morgan fingerprint density at radius 2 is 2.21 bits per heavy atom. The smallest absolute Gasteiger partial charge is 0.188 e. The number of nitrogens with one attached hydrogen (secondary N) is 1. The molecule has 0 unspecified atom stereocenters. The van der Waals surface area contributed by atoms with Crippen molar-refractivity contribution < 1.29 is 4.74 Å². The summed E-state index contributed by atoms with van der Waals surface area (Å²) in [5, 5.41) is 4.14. The summed E-state index contributed by atoms with van der Waals surface area (Å²) >= 11 is 11.8. The first kappa shape index (κ1) is 15.9. The third kappa shape index (κ3) is 6.55. The van der Waals surface area contributed by atoms with Gasteiger partial charge in [0.2, 0.25) is 0 Å². The molecule has 6 heteroatoms. The summed E-state index contributed by atoms with van der Waals surface area (Å²) in [6.45, 7) is 4.07. The predicted molar refractivity (Wildman–Crippen MR) is 81.4 cm³/mol. The topological polar surface area (TPSA) is 59.6 Å². The average Bonchev–Trinajstić information content (AvgIpc) is 2.38. The molecule has 0 spiro atoms. The number of guanidine groups is 1. The zero-order valence-electron chi connectivity index (χ0n) is 11.0. The Labute approximate surface area is 123 Å². The molecule has 0 amide bonds. The SMILES string of the molecule is CCCN=C(N)NCCCOc1ccc(Cl)cc1Cl. The van der Waals surface area contributed by atoms with Crippen LogP contribution >= 0.6 is 23.2 Å². The van der Waals surface area contributed by atoms with E-state index in [1.54, 1.807) is 18.2 Å². The van der Waals surface area contributed by atoms with Crippen LogP contribution in [-0.4, -0.2) is 25.7 Å². The van der Waals surface area contributed by atoms with E-state index in [0.717, 1.165) is 19.4 Å². The summed E-state index contributed by atoms with van der Waals surface area (Å²) in [6, 6.07) is 5.16. The van der Waals surface area contributed by atoms with Gasteiger partial charge >= 0.3 is 0 Å². The lowest BCUT2D eigenvalue weighted by atomic mass is 10.3. The van der Waals surface area contributed by atoms with Gasteiger partial charge in [0.1, 0.15) is 5.75 Å². The van der Waals surface area contributed by atoms with Crippen molar-refractivity contribution in [2.45, 2.75) is 19.8 Å². The zero-order valence-corrected chi connectivity index (χ0v) is 12.5. The monoisotopic (exact) mass is 303 g/mol. The number of aliphatic imine (C=N–C) groups is 1. The molecule has 3 N–H and O–H groups in total. The molecule has 0 radical (unpaired) electrons. The molecule has 0 aliphatic heterocycles. The van der Waals surface area contributed by atoms with Crippen molar-refractivity contribution in [2.75, 3.05) is 19.7 Å². The van der Waals surface area contributed by atoms with E-state index in [-0.39, 0.29) is 0 Å². The van der Waals surface area contributed by atoms with Crippen molar-refractivity contribution in [3.8, 4) is 5.75 Å². The zero-order chi connectivity index (χ0) is 14.1. The maximum absolute atomic E-state index is 5.99. The lowest BCUT2D eigenvalue weighted by Gasteiger charge is -2.09. The minimum Gasteiger partial charge on any atom is -0.492 e. The number of benzene rings is 1. The highest BCUT2D eigenvalue weighted by Crippen LogP contribution is 2.27. The second kappa shape index (κ2) is 8.88. The van der Waals surface area contributed by atoms with E-state index in [1.165, 1.54) is 0 Å². The molecular weight excluding hydrogens is 285 g/mol. The molecule has 0 aliphatic carbocycles. The van der Waals surface area contributed by atoms with Crippen LogP contribution in [0.25, 0.3) is 0 Å². The average molecular weight is 304 g/mol. The van der Waals surface area contributed by atoms with Gasteiger partial charge in [0.15, 0.2) is 5.96 Å². The van der Waals surface area contributed by atoms with Crippen LogP contribution in [0.4, 0.5) is 0 Å². The van der Waals surface area contributed by atoms with E-state index in [4.69, 9.17) is 33.7 Å². The fourth-order valence-electron chi connectivity index (χ4n) is 1.35. The van der Waals surface area contributed by atoms with E-state index in [1.807, 2.05) is 0 Å². The third-order valence-corrected chi connectivity index (χ3v) is 2.81. The van der Waals surface area contributed by atoms with Gasteiger partial charge in [0, 0.05) is 18.1 Å². The molecule has 0 aromatic heterocycles. The largest absolute Gasteiger partial charge is 0.492 e. The summed E-state index contributed by atoms with van der Waals surface area (Å²) in [4.78, 5) is 4.13. The standard InChI is InChI=1S/C13H19Cl2N3O/c1-2-6-17-13(16)18-7-3-8-19-12-5-4-10(14)9-11(12)15/h4-5,9H,2-3,6-8H2,1H3,(H3,16,17,18). The summed E-state index contributed by atoms with van der Waals surface area (Å²) in [5.41, 5.74) is 5.66. The molecule has 1 aromatic carbocycles. The third-order valence-electron chi connectivity index (χ3n) is 2.28. The second-order valence-corrected chi connectivity index (χ2v) is 4.81. The molecule has 0 aliphatic rings. The molecule has 0 saturated heterocycles. The van der Waals surface area contributed by atoms with E-state index in [2.05, 4.69) is 17.2 Å². The first-order chi connectivity index (χ1) is 9.13. The van der Waals surface area contributed by atoms with Crippen molar-refractivity contribution in [2.24, 2.45) is 10.7 Å². The first-order valence-electron chi connectivity index (χ1n) is 6.25. The van der Waals surface area contributed by atoms with Gasteiger partial charge in [0.05, 0.1) is 11.6 Å². The van der Waals surface area contributed by atoms with Gasteiger partial charge in [-0.05, 0) is 31.0 Å². The number of rotatable bonds is 7. The maximum atomic E-state index is 5.99. The molecule has 0 saturated carbocycles. The summed E-state index contributed by atoms with van der Waals surface area (Å²) in [5.74, 6) is 1.12. The van der Waals surface area contributed by atoms with Crippen LogP contribution in [0.3, 0.4) is 0 Å². The minimum absolute atomic E-state index is 0.478. The number of nitrogens with two attached hydrogens (primary N) is 1. The Hall–Kier alpha value is -1.13. The molecule has 0 fully saturated rings. The van der Waals surface area contributed by atoms with Crippen molar-refractivity contribution in [1.82, 2.24) is 5.32 Å². The molecule has 0 atom stereocenters. The highest BCUT2D eigenvalue weighted by molar-refractivity contribution is 6.35. The van der Waals surface area contributed by atoms with Gasteiger partial charge in [-0.15, -0.1) is 0 Å². The van der Waals surface area contributed by atoms with Crippen molar-refractivity contribution in [3.05, 3.63) is 28.2 Å². The highest BCUT2D eigenvalue weighted by atomic mass is 35.5. The first-order valence-corrected chi connectivity index (χ1v) is 7.00. The highest BCUT2D eigenvalue weighted by Gasteiger charge is 2.01. The normalized spacial score (nSPS) is 11.4. The number of halogens is 2. The van der Waals surface area contributed by atoms with E-state index in [9.17, 15) is 0 Å². The second-order valence-electron chi connectivity index (χ2n) is 3.97. The van der Waals surface area contributed by atoms with Crippen LogP contribution in [0.5, 0.6) is 5.75 Å². The number of nitrogens with zero attached hydrogens (tertiary/aromatic N) is 1. The fourth-order valence-corrected chi connectivity index (χ4v) is 1.81. The van der Waals surface area contributed by atoms with Crippen molar-refractivity contribution in [3.63, 3.8) is 0 Å². The van der Waals surface area contributed by atoms with Crippen LogP contribution in [0, 0.1) is 0 Å². The van der Waals surface area contributed by atoms with E-state index in [0.29, 0.717) is 34.9 Å². The molecular formula is C13H19Cl2N3O. The van der Waals surface area contributed by atoms with Gasteiger partial charge in [-0.1, -0.05) is 30.1 Å². The Bertz CT molecular complexity index is 424. The van der Waals surface area contributed by atoms with E-state index >= 15 is 0 Å². The predicted octanol–water partition coefficient (Wildman–Crippen LogP) is 3.08. The molecule has 106 valence electrons. The van der Waals surface area contributed by atoms with Crippen LogP contribution in [0.2, 0.25) is 10.0 Å². The number of ether oxygens (including phenoxy) is 1. The Morgan fingerprint density at radius 1 is 1.42 bits per heavy atom. The van der Waals surface area contributed by atoms with Crippen molar-refractivity contribution in [1.29, 1.82) is 0 Å². The Morgan fingerprint density at radius 3 is 2.89 bits per heavy atom. The van der Waals surface area contributed by atoms with Crippen LogP contribution in [-0.2, 0) is 0 Å². The van der Waals surface area contributed by atoms with Crippen LogP contribution in [0.1, 0.15) is 19.8 Å². The van der Waals surface area contributed by atoms with Crippen molar-refractivity contribution >= 4 is 29.2 Å². The van der Waals surface area contributed by atoms with Gasteiger partial charge in [-0.25, -0.2) is 0 Å².